The highest BCUT2D eigenvalue weighted by Gasteiger charge is 2.07. The van der Waals surface area contributed by atoms with Gasteiger partial charge in [0.15, 0.2) is 0 Å². The van der Waals surface area contributed by atoms with Crippen molar-refractivity contribution >= 4 is 0 Å². The second-order valence-electron chi connectivity index (χ2n) is 2.50. The number of benzene rings is 1. The van der Waals surface area contributed by atoms with E-state index in [2.05, 4.69) is 0 Å². The minimum absolute atomic E-state index is 0.0540. The topological polar surface area (TPSA) is 79.3 Å². The molecule has 0 saturated carbocycles. The summed E-state index contributed by atoms with van der Waals surface area (Å²) < 4.78 is 4.89. The van der Waals surface area contributed by atoms with Crippen LogP contribution in [0.15, 0.2) is 12.1 Å². The summed E-state index contributed by atoms with van der Waals surface area (Å²) in [5, 5.41) is 18.1. The number of phenols is 1. The summed E-state index contributed by atoms with van der Waals surface area (Å²) in [6.45, 7) is 0.199. The molecular weight excluding hydrogens is 168 g/mol. The van der Waals surface area contributed by atoms with Crippen LogP contribution < -0.4 is 10.5 Å². The van der Waals surface area contributed by atoms with Crippen LogP contribution in [-0.4, -0.2) is 12.2 Å². The van der Waals surface area contributed by atoms with Crippen LogP contribution in [0.3, 0.4) is 0 Å². The van der Waals surface area contributed by atoms with Gasteiger partial charge in [0.05, 0.1) is 12.7 Å². The van der Waals surface area contributed by atoms with Crippen LogP contribution in [0.5, 0.6) is 11.5 Å². The van der Waals surface area contributed by atoms with Crippen LogP contribution in [-0.2, 0) is 6.54 Å². The van der Waals surface area contributed by atoms with Crippen LogP contribution in [0.4, 0.5) is 0 Å². The summed E-state index contributed by atoms with van der Waals surface area (Å²) in [7, 11) is 1.44. The zero-order valence-electron chi connectivity index (χ0n) is 7.24. The highest BCUT2D eigenvalue weighted by atomic mass is 16.5. The summed E-state index contributed by atoms with van der Waals surface area (Å²) in [5.41, 5.74) is 6.27. The Balaban J connectivity index is 3.28. The van der Waals surface area contributed by atoms with E-state index in [9.17, 15) is 5.11 Å². The molecule has 0 fully saturated rings. The molecule has 4 nitrogen and oxygen atoms in total. The molecule has 0 saturated heterocycles. The predicted molar refractivity (Wildman–Crippen MR) is 47.3 cm³/mol. The molecule has 0 bridgehead atoms. The maximum absolute atomic E-state index is 9.37. The summed E-state index contributed by atoms with van der Waals surface area (Å²) >= 11 is 0. The first kappa shape index (κ1) is 9.36. The van der Waals surface area contributed by atoms with Gasteiger partial charge >= 0.3 is 0 Å². The molecule has 1 rings (SSSR count). The molecular formula is C9H10N2O2. The number of rotatable bonds is 2. The van der Waals surface area contributed by atoms with Gasteiger partial charge in [-0.1, -0.05) is 0 Å². The number of phenolic OH excluding ortho intramolecular Hbond substituents is 1. The molecule has 0 aliphatic rings. The molecule has 0 heterocycles. The zero-order chi connectivity index (χ0) is 9.84. The third-order valence-electron chi connectivity index (χ3n) is 1.74. The molecule has 4 heteroatoms. The van der Waals surface area contributed by atoms with Crippen LogP contribution >= 0.6 is 0 Å². The predicted octanol–water partition coefficient (Wildman–Crippen LogP) is 0.731. The second-order valence-corrected chi connectivity index (χ2v) is 2.50. The SMILES string of the molecule is COc1cc(O)c(CN)cc1C#N. The fourth-order valence-electron chi connectivity index (χ4n) is 1.03. The number of nitriles is 1. The summed E-state index contributed by atoms with van der Waals surface area (Å²) in [5.74, 6) is 0.413. The average molecular weight is 178 g/mol. The number of nitrogens with two attached hydrogens (primary N) is 1. The van der Waals surface area contributed by atoms with Crippen LogP contribution in [0.2, 0.25) is 0 Å². The van der Waals surface area contributed by atoms with Crippen molar-refractivity contribution in [2.75, 3.05) is 7.11 Å². The van der Waals surface area contributed by atoms with E-state index < -0.39 is 0 Å². The standard InChI is InChI=1S/C9H10N2O2/c1-13-9-3-8(12)6(4-10)2-7(9)5-11/h2-3,12H,4,10H2,1H3. The van der Waals surface area contributed by atoms with Gasteiger partial charge in [0.2, 0.25) is 0 Å². The molecule has 0 aliphatic heterocycles. The zero-order valence-corrected chi connectivity index (χ0v) is 7.24. The van der Waals surface area contributed by atoms with Crippen molar-refractivity contribution in [2.45, 2.75) is 6.54 Å². The Morgan fingerprint density at radius 1 is 1.62 bits per heavy atom. The molecule has 0 aliphatic carbocycles. The van der Waals surface area contributed by atoms with Crippen molar-refractivity contribution in [3.05, 3.63) is 23.3 Å². The number of methoxy groups -OCH3 is 1. The molecule has 0 spiro atoms. The fourth-order valence-corrected chi connectivity index (χ4v) is 1.03. The summed E-state index contributed by atoms with van der Waals surface area (Å²) in [6, 6.07) is 4.87. The van der Waals surface area contributed by atoms with Gasteiger partial charge in [0.1, 0.15) is 17.6 Å². The minimum Gasteiger partial charge on any atom is -0.507 e. The van der Waals surface area contributed by atoms with Gasteiger partial charge in [-0.25, -0.2) is 0 Å². The van der Waals surface area contributed by atoms with E-state index >= 15 is 0 Å². The Labute approximate surface area is 76.2 Å². The quantitative estimate of drug-likeness (QED) is 0.699. The molecule has 0 radical (unpaired) electrons. The highest BCUT2D eigenvalue weighted by molar-refractivity contribution is 5.51. The smallest absolute Gasteiger partial charge is 0.140 e. The van der Waals surface area contributed by atoms with Gasteiger partial charge in [-0.2, -0.15) is 5.26 Å². The molecule has 68 valence electrons. The monoisotopic (exact) mass is 178 g/mol. The third kappa shape index (κ3) is 1.71. The Kier molecular flexibility index (Phi) is 2.72. The van der Waals surface area contributed by atoms with Crippen molar-refractivity contribution in [2.24, 2.45) is 5.73 Å². The van der Waals surface area contributed by atoms with E-state index in [4.69, 9.17) is 15.7 Å². The van der Waals surface area contributed by atoms with Gasteiger partial charge in [-0.3, -0.25) is 0 Å². The summed E-state index contributed by atoms with van der Waals surface area (Å²) in [4.78, 5) is 0. The number of hydrogen-bond donors (Lipinski definition) is 2. The van der Waals surface area contributed by atoms with E-state index in [-0.39, 0.29) is 12.3 Å². The van der Waals surface area contributed by atoms with Crippen molar-refractivity contribution < 1.29 is 9.84 Å². The van der Waals surface area contributed by atoms with E-state index in [0.717, 1.165) is 0 Å². The first-order valence-corrected chi connectivity index (χ1v) is 3.73. The van der Waals surface area contributed by atoms with Crippen molar-refractivity contribution in [3.8, 4) is 17.6 Å². The van der Waals surface area contributed by atoms with Gasteiger partial charge in [-0.05, 0) is 6.07 Å². The van der Waals surface area contributed by atoms with Crippen LogP contribution in [0.25, 0.3) is 0 Å². The molecule has 1 aromatic carbocycles. The number of hydrogen-bond acceptors (Lipinski definition) is 4. The van der Waals surface area contributed by atoms with E-state index in [0.29, 0.717) is 16.9 Å². The lowest BCUT2D eigenvalue weighted by molar-refractivity contribution is 0.405. The summed E-state index contributed by atoms with van der Waals surface area (Å²) in [6.07, 6.45) is 0. The minimum atomic E-state index is 0.0540. The van der Waals surface area contributed by atoms with E-state index in [1.165, 1.54) is 19.2 Å². The van der Waals surface area contributed by atoms with Crippen LogP contribution in [0.1, 0.15) is 11.1 Å². The lowest BCUT2D eigenvalue weighted by Crippen LogP contribution is -1.98. The first-order chi connectivity index (χ1) is 6.22. The van der Waals surface area contributed by atoms with Crippen molar-refractivity contribution in [3.63, 3.8) is 0 Å². The van der Waals surface area contributed by atoms with Crippen molar-refractivity contribution in [1.82, 2.24) is 0 Å². The Morgan fingerprint density at radius 2 is 2.31 bits per heavy atom. The average Bonchev–Trinajstić information content (AvgIpc) is 2.17. The molecule has 0 aromatic heterocycles. The number of aromatic hydroxyl groups is 1. The Bertz CT molecular complexity index is 355. The first-order valence-electron chi connectivity index (χ1n) is 3.73. The van der Waals surface area contributed by atoms with Gasteiger partial charge in [-0.15, -0.1) is 0 Å². The molecule has 0 atom stereocenters. The number of ether oxygens (including phenoxy) is 1. The molecule has 0 unspecified atom stereocenters. The molecule has 3 N–H and O–H groups in total. The Morgan fingerprint density at radius 3 is 2.77 bits per heavy atom. The van der Waals surface area contributed by atoms with Crippen LogP contribution in [0, 0.1) is 11.3 Å². The normalized spacial score (nSPS) is 9.31. The van der Waals surface area contributed by atoms with Crippen molar-refractivity contribution in [1.29, 1.82) is 5.26 Å². The number of nitrogens with zero attached hydrogens (tertiary/aromatic N) is 1. The Hall–Kier alpha value is -1.73. The third-order valence-corrected chi connectivity index (χ3v) is 1.74. The van der Waals surface area contributed by atoms with Gasteiger partial charge in [0, 0.05) is 18.2 Å². The maximum atomic E-state index is 9.37. The van der Waals surface area contributed by atoms with E-state index in [1.54, 1.807) is 0 Å². The lowest BCUT2D eigenvalue weighted by Gasteiger charge is -2.06. The second kappa shape index (κ2) is 3.78. The largest absolute Gasteiger partial charge is 0.507 e. The van der Waals surface area contributed by atoms with E-state index in [1.807, 2.05) is 6.07 Å². The van der Waals surface area contributed by atoms with Gasteiger partial charge < -0.3 is 15.6 Å². The fraction of sp³-hybridized carbons (Fsp3) is 0.222. The molecule has 13 heavy (non-hydrogen) atoms. The lowest BCUT2D eigenvalue weighted by atomic mass is 10.1. The molecule has 0 amide bonds. The molecule has 1 aromatic rings. The van der Waals surface area contributed by atoms with Gasteiger partial charge in [0.25, 0.3) is 0 Å². The highest BCUT2D eigenvalue weighted by Crippen LogP contribution is 2.27. The maximum Gasteiger partial charge on any atom is 0.140 e.